The maximum Gasteiger partial charge on any atom is 0.409 e. The van der Waals surface area contributed by atoms with E-state index < -0.39 is 0 Å². The first-order valence-corrected chi connectivity index (χ1v) is 9.01. The van der Waals surface area contributed by atoms with E-state index in [1.54, 1.807) is 11.8 Å². The van der Waals surface area contributed by atoms with Crippen LogP contribution in [0.1, 0.15) is 37.3 Å². The Kier molecular flexibility index (Phi) is 7.10. The second kappa shape index (κ2) is 9.30. The summed E-state index contributed by atoms with van der Waals surface area (Å²) >= 11 is 0. The van der Waals surface area contributed by atoms with Gasteiger partial charge in [-0.3, -0.25) is 4.79 Å². The predicted octanol–water partition coefficient (Wildman–Crippen LogP) is 2.84. The van der Waals surface area contributed by atoms with Crippen molar-refractivity contribution >= 4 is 17.7 Å². The van der Waals surface area contributed by atoms with Crippen LogP contribution in [0.25, 0.3) is 0 Å². The van der Waals surface area contributed by atoms with Crippen molar-refractivity contribution in [3.63, 3.8) is 0 Å². The molecule has 0 atom stereocenters. The highest BCUT2D eigenvalue weighted by molar-refractivity contribution is 5.77. The van der Waals surface area contributed by atoms with Crippen molar-refractivity contribution in [3.05, 3.63) is 29.3 Å². The van der Waals surface area contributed by atoms with Gasteiger partial charge >= 0.3 is 6.09 Å². The van der Waals surface area contributed by atoms with Crippen molar-refractivity contribution in [2.75, 3.05) is 31.6 Å². The van der Waals surface area contributed by atoms with Crippen molar-refractivity contribution in [2.24, 2.45) is 0 Å². The summed E-state index contributed by atoms with van der Waals surface area (Å²) in [6.45, 7) is 8.19. The molecule has 1 aliphatic heterocycles. The van der Waals surface area contributed by atoms with Crippen LogP contribution in [0.4, 0.5) is 10.5 Å². The van der Waals surface area contributed by atoms with Gasteiger partial charge in [0, 0.05) is 37.8 Å². The van der Waals surface area contributed by atoms with Gasteiger partial charge in [-0.2, -0.15) is 0 Å². The van der Waals surface area contributed by atoms with E-state index in [1.807, 2.05) is 6.07 Å². The second-order valence-corrected chi connectivity index (χ2v) is 6.52. The highest BCUT2D eigenvalue weighted by Crippen LogP contribution is 2.16. The zero-order valence-corrected chi connectivity index (χ0v) is 15.4. The number of rotatable bonds is 6. The van der Waals surface area contributed by atoms with E-state index in [0.29, 0.717) is 32.7 Å². The lowest BCUT2D eigenvalue weighted by Gasteiger charge is -2.31. The molecule has 1 aromatic rings. The number of amides is 2. The molecule has 0 spiro atoms. The number of hydrogen-bond acceptors (Lipinski definition) is 4. The van der Waals surface area contributed by atoms with Crippen LogP contribution in [0.5, 0.6) is 0 Å². The molecule has 1 fully saturated rings. The lowest BCUT2D eigenvalue weighted by molar-refractivity contribution is -0.121. The molecule has 25 heavy (non-hydrogen) atoms. The van der Waals surface area contributed by atoms with Crippen LogP contribution in [-0.4, -0.2) is 49.2 Å². The maximum absolute atomic E-state index is 12.1. The summed E-state index contributed by atoms with van der Waals surface area (Å²) in [5, 5.41) is 6.38. The van der Waals surface area contributed by atoms with Gasteiger partial charge in [-0.25, -0.2) is 4.79 Å². The zero-order chi connectivity index (χ0) is 18.2. The normalized spacial score (nSPS) is 14.9. The average molecular weight is 347 g/mol. The Labute approximate surface area is 149 Å². The first kappa shape index (κ1) is 19.1. The summed E-state index contributed by atoms with van der Waals surface area (Å²) in [5.41, 5.74) is 3.49. The standard InChI is InChI=1S/C19H29N3O3/c1-4-25-19(24)22-11-8-16(9-12-22)21-18(23)7-10-20-17-6-5-14(2)13-15(17)3/h5-6,13,16,20H,4,7-12H2,1-3H3,(H,21,23). The molecule has 138 valence electrons. The van der Waals surface area contributed by atoms with Crippen LogP contribution in [0, 0.1) is 13.8 Å². The lowest BCUT2D eigenvalue weighted by Crippen LogP contribution is -2.46. The van der Waals surface area contributed by atoms with E-state index in [0.717, 1.165) is 18.5 Å². The topological polar surface area (TPSA) is 70.7 Å². The minimum atomic E-state index is -0.259. The quantitative estimate of drug-likeness (QED) is 0.830. The lowest BCUT2D eigenvalue weighted by atomic mass is 10.1. The van der Waals surface area contributed by atoms with Crippen LogP contribution in [0.3, 0.4) is 0 Å². The van der Waals surface area contributed by atoms with Gasteiger partial charge in [0.1, 0.15) is 0 Å². The Morgan fingerprint density at radius 3 is 2.60 bits per heavy atom. The van der Waals surface area contributed by atoms with E-state index >= 15 is 0 Å². The molecular formula is C19H29N3O3. The number of piperidine rings is 1. The molecule has 1 aliphatic rings. The van der Waals surface area contributed by atoms with E-state index in [9.17, 15) is 9.59 Å². The van der Waals surface area contributed by atoms with E-state index in [2.05, 4.69) is 36.6 Å². The van der Waals surface area contributed by atoms with Gasteiger partial charge in [0.2, 0.25) is 5.91 Å². The molecule has 0 radical (unpaired) electrons. The molecule has 0 bridgehead atoms. The molecule has 2 amide bonds. The average Bonchev–Trinajstić information content (AvgIpc) is 2.57. The molecule has 2 rings (SSSR count). The van der Waals surface area contributed by atoms with E-state index in [-0.39, 0.29) is 18.0 Å². The number of likely N-dealkylation sites (tertiary alicyclic amines) is 1. The van der Waals surface area contributed by atoms with Crippen LogP contribution >= 0.6 is 0 Å². The number of aryl methyl sites for hydroxylation is 2. The summed E-state index contributed by atoms with van der Waals surface area (Å²) in [5.74, 6) is 0.0480. The third-order valence-corrected chi connectivity index (χ3v) is 4.44. The molecule has 0 aliphatic carbocycles. The fraction of sp³-hybridized carbons (Fsp3) is 0.579. The summed E-state index contributed by atoms with van der Waals surface area (Å²) in [4.78, 5) is 25.5. The molecule has 1 saturated heterocycles. The zero-order valence-electron chi connectivity index (χ0n) is 15.4. The van der Waals surface area contributed by atoms with Crippen LogP contribution in [0.15, 0.2) is 18.2 Å². The first-order valence-electron chi connectivity index (χ1n) is 9.01. The number of nitrogens with one attached hydrogen (secondary N) is 2. The molecule has 0 aromatic heterocycles. The molecule has 1 aromatic carbocycles. The Morgan fingerprint density at radius 1 is 1.24 bits per heavy atom. The molecular weight excluding hydrogens is 318 g/mol. The number of anilines is 1. The van der Waals surface area contributed by atoms with Gasteiger partial charge in [-0.15, -0.1) is 0 Å². The van der Waals surface area contributed by atoms with Crippen molar-refractivity contribution in [1.29, 1.82) is 0 Å². The smallest absolute Gasteiger partial charge is 0.409 e. The fourth-order valence-corrected chi connectivity index (χ4v) is 3.04. The number of carbonyl (C=O) groups excluding carboxylic acids is 2. The first-order chi connectivity index (χ1) is 12.0. The van der Waals surface area contributed by atoms with Crippen LogP contribution in [-0.2, 0) is 9.53 Å². The maximum atomic E-state index is 12.1. The molecule has 0 saturated carbocycles. The van der Waals surface area contributed by atoms with Gasteiger partial charge in [-0.1, -0.05) is 17.7 Å². The van der Waals surface area contributed by atoms with Gasteiger partial charge in [0.25, 0.3) is 0 Å². The summed E-state index contributed by atoms with van der Waals surface area (Å²) in [6, 6.07) is 6.37. The summed E-state index contributed by atoms with van der Waals surface area (Å²) in [7, 11) is 0. The van der Waals surface area contributed by atoms with Crippen molar-refractivity contribution in [1.82, 2.24) is 10.2 Å². The Balaban J connectivity index is 1.67. The largest absolute Gasteiger partial charge is 0.450 e. The summed E-state index contributed by atoms with van der Waals surface area (Å²) < 4.78 is 5.00. The highest BCUT2D eigenvalue weighted by atomic mass is 16.6. The number of benzene rings is 1. The highest BCUT2D eigenvalue weighted by Gasteiger charge is 2.24. The Hall–Kier alpha value is -2.24. The SMILES string of the molecule is CCOC(=O)N1CCC(NC(=O)CCNc2ccc(C)cc2C)CC1. The number of ether oxygens (including phenoxy) is 1. The Morgan fingerprint density at radius 2 is 1.96 bits per heavy atom. The van der Waals surface area contributed by atoms with Crippen molar-refractivity contribution < 1.29 is 14.3 Å². The van der Waals surface area contributed by atoms with Crippen LogP contribution < -0.4 is 10.6 Å². The van der Waals surface area contributed by atoms with E-state index in [1.165, 1.54) is 11.1 Å². The third-order valence-electron chi connectivity index (χ3n) is 4.44. The van der Waals surface area contributed by atoms with Gasteiger partial charge in [0.15, 0.2) is 0 Å². The third kappa shape index (κ3) is 5.96. The van der Waals surface area contributed by atoms with Crippen LogP contribution in [0.2, 0.25) is 0 Å². The molecule has 6 heteroatoms. The second-order valence-electron chi connectivity index (χ2n) is 6.52. The van der Waals surface area contributed by atoms with Gasteiger partial charge in [0.05, 0.1) is 6.61 Å². The van der Waals surface area contributed by atoms with Gasteiger partial charge in [-0.05, 0) is 45.2 Å². The minimum absolute atomic E-state index is 0.0480. The number of nitrogens with zero attached hydrogens (tertiary/aromatic N) is 1. The minimum Gasteiger partial charge on any atom is -0.450 e. The predicted molar refractivity (Wildman–Crippen MR) is 98.8 cm³/mol. The summed E-state index contributed by atoms with van der Waals surface area (Å²) in [6.07, 6.45) is 1.72. The Bertz CT molecular complexity index is 596. The van der Waals surface area contributed by atoms with E-state index in [4.69, 9.17) is 4.74 Å². The van der Waals surface area contributed by atoms with Crippen molar-refractivity contribution in [3.8, 4) is 0 Å². The monoisotopic (exact) mass is 347 g/mol. The molecule has 2 N–H and O–H groups in total. The number of carbonyl (C=O) groups is 2. The van der Waals surface area contributed by atoms with Gasteiger partial charge < -0.3 is 20.3 Å². The number of hydrogen-bond donors (Lipinski definition) is 2. The molecule has 0 unspecified atom stereocenters. The molecule has 1 heterocycles. The van der Waals surface area contributed by atoms with Crippen molar-refractivity contribution in [2.45, 2.75) is 46.1 Å². The fourth-order valence-electron chi connectivity index (χ4n) is 3.04. The molecule has 6 nitrogen and oxygen atoms in total.